The maximum Gasteiger partial charge on any atom is 0.206 e. The first-order valence-corrected chi connectivity index (χ1v) is 17.7. The molecule has 0 radical (unpaired) electrons. The molecule has 6 nitrogen and oxygen atoms in total. The Hall–Kier alpha value is -6.62. The van der Waals surface area contributed by atoms with E-state index in [0.29, 0.717) is 5.56 Å². The Bertz CT molecular complexity index is 3150. The minimum Gasteiger partial charge on any atom is -0.456 e. The molecule has 0 aliphatic heterocycles. The summed E-state index contributed by atoms with van der Waals surface area (Å²) in [6, 6.07) is 50.8. The second kappa shape index (κ2) is 10.4. The molecule has 7 aromatic carbocycles. The van der Waals surface area contributed by atoms with Crippen LogP contribution < -0.4 is 0 Å². The zero-order chi connectivity index (χ0) is 33.6. The molecular weight excluding hydrogens is 639 g/mol. The average molecular weight is 664 g/mol. The molecule has 0 aliphatic rings. The lowest BCUT2D eigenvalue weighted by Gasteiger charge is -2.10. The van der Waals surface area contributed by atoms with Crippen molar-refractivity contribution >= 4 is 75.4 Å². The van der Waals surface area contributed by atoms with Crippen LogP contribution in [0.25, 0.3) is 76.9 Å². The zero-order valence-electron chi connectivity index (χ0n) is 26.4. The van der Waals surface area contributed by atoms with Crippen LogP contribution in [0.2, 0.25) is 0 Å². The summed E-state index contributed by atoms with van der Waals surface area (Å²) in [5.41, 5.74) is 8.17. The van der Waals surface area contributed by atoms with Gasteiger partial charge < -0.3 is 13.6 Å². The molecule has 0 N–H and O–H groups in total. The monoisotopic (exact) mass is 663 g/mol. The van der Waals surface area contributed by atoms with Crippen molar-refractivity contribution in [1.82, 2.24) is 9.13 Å². The molecule has 0 atom stereocenters. The number of nitriles is 1. The highest BCUT2D eigenvalue weighted by Crippen LogP contribution is 2.44. The molecule has 50 heavy (non-hydrogen) atoms. The first kappa shape index (κ1) is 28.4. The zero-order valence-corrected chi connectivity index (χ0v) is 27.2. The highest BCUT2D eigenvalue weighted by atomic mass is 32.2. The van der Waals surface area contributed by atoms with Gasteiger partial charge in [-0.05, 0) is 97.1 Å². The molecule has 0 saturated carbocycles. The summed E-state index contributed by atoms with van der Waals surface area (Å²) in [5.74, 6) is 0. The Morgan fingerprint density at radius 3 is 1.84 bits per heavy atom. The quantitative estimate of drug-likeness (QED) is 0.188. The maximum atomic E-state index is 13.6. The Kier molecular flexibility index (Phi) is 5.93. The number of fused-ring (bicyclic) bond motifs is 10. The molecule has 10 aromatic rings. The Morgan fingerprint density at radius 2 is 1.08 bits per heavy atom. The molecule has 0 amide bonds. The maximum absolute atomic E-state index is 13.6. The fourth-order valence-electron chi connectivity index (χ4n) is 7.54. The van der Waals surface area contributed by atoms with Gasteiger partial charge in [-0.25, -0.2) is 8.42 Å². The van der Waals surface area contributed by atoms with Gasteiger partial charge in [-0.1, -0.05) is 54.6 Å². The summed E-state index contributed by atoms with van der Waals surface area (Å²) in [4.78, 5) is 0.329. The minimum atomic E-state index is -3.79. The van der Waals surface area contributed by atoms with Gasteiger partial charge in [0.15, 0.2) is 0 Å². The van der Waals surface area contributed by atoms with Crippen molar-refractivity contribution in [3.63, 3.8) is 0 Å². The molecule has 7 heteroatoms. The molecule has 10 rings (SSSR count). The van der Waals surface area contributed by atoms with Crippen LogP contribution >= 0.6 is 0 Å². The summed E-state index contributed by atoms with van der Waals surface area (Å²) >= 11 is 0. The number of nitrogens with zero attached hydrogens (tertiary/aromatic N) is 3. The van der Waals surface area contributed by atoms with E-state index in [9.17, 15) is 13.7 Å². The van der Waals surface area contributed by atoms with Crippen molar-refractivity contribution in [2.75, 3.05) is 0 Å². The lowest BCUT2D eigenvalue weighted by Crippen LogP contribution is -2.03. The van der Waals surface area contributed by atoms with Crippen molar-refractivity contribution in [2.45, 2.75) is 9.79 Å². The molecule has 0 aliphatic carbocycles. The SMILES string of the molecule is N#Cc1ccc(S(=O)(=O)c2ccc(-n3c4cc5c6ccccc6n(-c6ccccc6)c5cc4c4c5c(ccc43)oc3ccccc35)cc2)cc1. The van der Waals surface area contributed by atoms with E-state index in [-0.39, 0.29) is 9.79 Å². The summed E-state index contributed by atoms with van der Waals surface area (Å²) in [7, 11) is -3.79. The van der Waals surface area contributed by atoms with Gasteiger partial charge in [0.05, 0.1) is 43.5 Å². The highest BCUT2D eigenvalue weighted by molar-refractivity contribution is 7.91. The van der Waals surface area contributed by atoms with Crippen molar-refractivity contribution < 1.29 is 12.8 Å². The van der Waals surface area contributed by atoms with Gasteiger partial charge in [-0.2, -0.15) is 5.26 Å². The van der Waals surface area contributed by atoms with E-state index >= 15 is 0 Å². The van der Waals surface area contributed by atoms with Gasteiger partial charge in [-0.15, -0.1) is 0 Å². The fourth-order valence-corrected chi connectivity index (χ4v) is 8.80. The van der Waals surface area contributed by atoms with E-state index in [1.54, 1.807) is 12.1 Å². The van der Waals surface area contributed by atoms with Crippen LogP contribution in [0.3, 0.4) is 0 Å². The van der Waals surface area contributed by atoms with E-state index in [1.165, 1.54) is 24.3 Å². The van der Waals surface area contributed by atoms with Crippen LogP contribution in [0.1, 0.15) is 5.56 Å². The van der Waals surface area contributed by atoms with Crippen molar-refractivity contribution in [3.05, 3.63) is 157 Å². The molecule has 3 heterocycles. The average Bonchev–Trinajstić information content (AvgIpc) is 3.81. The van der Waals surface area contributed by atoms with Gasteiger partial charge in [0, 0.05) is 43.7 Å². The lowest BCUT2D eigenvalue weighted by molar-refractivity contribution is 0.596. The van der Waals surface area contributed by atoms with Gasteiger partial charge in [-0.3, -0.25) is 0 Å². The molecule has 0 spiro atoms. The molecule has 236 valence electrons. The molecule has 3 aromatic heterocycles. The van der Waals surface area contributed by atoms with Crippen molar-refractivity contribution in [2.24, 2.45) is 0 Å². The summed E-state index contributed by atoms with van der Waals surface area (Å²) in [6.07, 6.45) is 0. The number of sulfone groups is 1. The van der Waals surface area contributed by atoms with Crippen LogP contribution in [-0.4, -0.2) is 17.6 Å². The number of hydrogen-bond donors (Lipinski definition) is 0. The van der Waals surface area contributed by atoms with Gasteiger partial charge >= 0.3 is 0 Å². The van der Waals surface area contributed by atoms with E-state index in [4.69, 9.17) is 4.42 Å². The number of hydrogen-bond acceptors (Lipinski definition) is 4. The second-order valence-electron chi connectivity index (χ2n) is 12.5. The van der Waals surface area contributed by atoms with E-state index in [0.717, 1.165) is 76.9 Å². The standard InChI is InChI=1S/C43H25N3O3S/c44-26-27-14-18-30(19-15-27)50(47,48)31-20-16-29(17-21-31)46-37-22-23-41-43(33-11-5-7-13-40(33)49-41)42(37)35-25-38-34(24-39(35)46)32-10-4-6-12-36(32)45(38)28-8-2-1-3-9-28/h1-25H. The first-order valence-electron chi connectivity index (χ1n) is 16.2. The fraction of sp³-hybridized carbons (Fsp3) is 0. The highest BCUT2D eigenvalue weighted by Gasteiger charge is 2.23. The third kappa shape index (κ3) is 3.97. The molecular formula is C43H25N3O3S. The molecule has 0 bridgehead atoms. The van der Waals surface area contributed by atoms with Crippen molar-refractivity contribution in [1.29, 1.82) is 5.26 Å². The normalized spacial score (nSPS) is 12.1. The van der Waals surface area contributed by atoms with E-state index in [2.05, 4.69) is 81.9 Å². The topological polar surface area (TPSA) is 80.9 Å². The van der Waals surface area contributed by atoms with E-state index < -0.39 is 9.84 Å². The number of para-hydroxylation sites is 3. The number of rotatable bonds is 4. The molecule has 0 unspecified atom stereocenters. The third-order valence-corrected chi connectivity index (χ3v) is 11.6. The number of aromatic nitrogens is 2. The Labute approximate surface area is 286 Å². The molecule has 0 fully saturated rings. The van der Waals surface area contributed by atoms with Crippen LogP contribution in [0.5, 0.6) is 0 Å². The van der Waals surface area contributed by atoms with Crippen LogP contribution in [0.4, 0.5) is 0 Å². The Balaban J connectivity index is 1.29. The smallest absolute Gasteiger partial charge is 0.206 e. The third-order valence-electron chi connectivity index (χ3n) is 9.78. The summed E-state index contributed by atoms with van der Waals surface area (Å²) in [6.45, 7) is 0. The molecule has 0 saturated heterocycles. The van der Waals surface area contributed by atoms with Crippen molar-refractivity contribution in [3.8, 4) is 17.4 Å². The predicted molar refractivity (Wildman–Crippen MR) is 199 cm³/mol. The summed E-state index contributed by atoms with van der Waals surface area (Å²) in [5, 5.41) is 15.7. The van der Waals surface area contributed by atoms with Crippen LogP contribution in [0, 0.1) is 11.3 Å². The first-order chi connectivity index (χ1) is 24.5. The van der Waals surface area contributed by atoms with Gasteiger partial charge in [0.1, 0.15) is 11.2 Å². The van der Waals surface area contributed by atoms with Gasteiger partial charge in [0.25, 0.3) is 0 Å². The largest absolute Gasteiger partial charge is 0.456 e. The Morgan fingerprint density at radius 1 is 0.480 bits per heavy atom. The second-order valence-corrected chi connectivity index (χ2v) is 14.4. The van der Waals surface area contributed by atoms with E-state index in [1.807, 2.05) is 48.5 Å². The lowest BCUT2D eigenvalue weighted by atomic mass is 10.0. The van der Waals surface area contributed by atoms with Crippen LogP contribution in [0.15, 0.2) is 166 Å². The number of benzene rings is 7. The van der Waals surface area contributed by atoms with Crippen LogP contribution in [-0.2, 0) is 9.84 Å². The predicted octanol–water partition coefficient (Wildman–Crippen LogP) is 10.5. The summed E-state index contributed by atoms with van der Waals surface area (Å²) < 4.78 is 38.1. The minimum absolute atomic E-state index is 0.146. The number of furan rings is 1. The van der Waals surface area contributed by atoms with Gasteiger partial charge in [0.2, 0.25) is 9.84 Å².